The molecule has 2 saturated heterocycles. The van der Waals surface area contributed by atoms with Crippen LogP contribution >= 0.6 is 11.8 Å². The molecule has 2 rings (SSSR count). The van der Waals surface area contributed by atoms with Gasteiger partial charge in [-0.15, -0.1) is 0 Å². The van der Waals surface area contributed by atoms with Crippen molar-refractivity contribution in [3.63, 3.8) is 0 Å². The molecule has 0 aromatic heterocycles. The quantitative estimate of drug-likeness (QED) is 0.817. The van der Waals surface area contributed by atoms with Crippen molar-refractivity contribution in [2.75, 3.05) is 38.5 Å². The van der Waals surface area contributed by atoms with Gasteiger partial charge < -0.3 is 5.11 Å². The molecular weight excluding hydrogens is 272 g/mol. The average Bonchev–Trinajstić information content (AvgIpc) is 2.39. The topological polar surface area (TPSA) is 60.9 Å². The van der Waals surface area contributed by atoms with Gasteiger partial charge in [-0.2, -0.15) is 28.8 Å². The maximum absolute atomic E-state index is 12.5. The predicted molar refractivity (Wildman–Crippen MR) is 73.8 cm³/mol. The Morgan fingerprint density at radius 3 is 2.44 bits per heavy atom. The van der Waals surface area contributed by atoms with Crippen molar-refractivity contribution < 1.29 is 13.5 Å². The number of hydrogen-bond donors (Lipinski definition) is 1. The first-order chi connectivity index (χ1) is 8.54. The third-order valence-corrected chi connectivity index (χ3v) is 6.83. The molecule has 1 unspecified atom stereocenters. The molecule has 2 aliphatic rings. The minimum atomic E-state index is -3.28. The van der Waals surface area contributed by atoms with Gasteiger partial charge in [-0.05, 0) is 18.8 Å². The summed E-state index contributed by atoms with van der Waals surface area (Å²) in [5, 5.41) is 9.46. The summed E-state index contributed by atoms with van der Waals surface area (Å²) < 4.78 is 28.1. The maximum Gasteiger partial charge on any atom is 0.282 e. The number of thioether (sulfide) groups is 1. The van der Waals surface area contributed by atoms with E-state index in [1.54, 1.807) is 8.61 Å². The summed E-state index contributed by atoms with van der Waals surface area (Å²) in [7, 11) is -3.28. The highest BCUT2D eigenvalue weighted by Crippen LogP contribution is 2.25. The lowest BCUT2D eigenvalue weighted by molar-refractivity contribution is 0.166. The molecule has 0 saturated carbocycles. The number of rotatable bonds is 3. The second-order valence-electron chi connectivity index (χ2n) is 5.07. The Kier molecular flexibility index (Phi) is 4.93. The van der Waals surface area contributed by atoms with Crippen LogP contribution in [0.2, 0.25) is 0 Å². The number of piperidine rings is 1. The molecule has 0 amide bonds. The Bertz CT molecular complexity index is 366. The minimum absolute atomic E-state index is 0.172. The van der Waals surface area contributed by atoms with E-state index >= 15 is 0 Å². The van der Waals surface area contributed by atoms with Gasteiger partial charge in [-0.25, -0.2) is 0 Å². The Balaban J connectivity index is 1.98. The molecule has 0 aliphatic carbocycles. The monoisotopic (exact) mass is 294 g/mol. The number of nitrogens with zero attached hydrogens (tertiary/aromatic N) is 2. The van der Waals surface area contributed by atoms with Gasteiger partial charge in [0.05, 0.1) is 0 Å². The molecular formula is C11H22N2O3S2. The first-order valence-corrected chi connectivity index (χ1v) is 8.96. The Hall–Kier alpha value is 0.180. The number of aliphatic hydroxyl groups is 1. The zero-order valence-electron chi connectivity index (χ0n) is 10.8. The zero-order valence-corrected chi connectivity index (χ0v) is 12.4. The highest BCUT2D eigenvalue weighted by atomic mass is 32.2. The molecule has 0 bridgehead atoms. The van der Waals surface area contributed by atoms with Crippen LogP contribution in [-0.4, -0.2) is 65.9 Å². The molecule has 1 N–H and O–H groups in total. The smallest absolute Gasteiger partial charge is 0.282 e. The third kappa shape index (κ3) is 3.19. The predicted octanol–water partition coefficient (Wildman–Crippen LogP) is 0.373. The highest BCUT2D eigenvalue weighted by Gasteiger charge is 2.34. The van der Waals surface area contributed by atoms with Crippen LogP contribution < -0.4 is 0 Å². The van der Waals surface area contributed by atoms with Gasteiger partial charge in [0.15, 0.2) is 0 Å². The molecule has 0 spiro atoms. The number of hydrogen-bond acceptors (Lipinski definition) is 4. The molecule has 2 heterocycles. The normalized spacial score (nSPS) is 29.6. The molecule has 5 nitrogen and oxygen atoms in total. The fourth-order valence-corrected chi connectivity index (χ4v) is 5.44. The van der Waals surface area contributed by atoms with Crippen LogP contribution in [0.1, 0.15) is 19.8 Å². The van der Waals surface area contributed by atoms with Crippen LogP contribution in [0.15, 0.2) is 0 Å². The van der Waals surface area contributed by atoms with Crippen molar-refractivity contribution in [2.24, 2.45) is 5.92 Å². The van der Waals surface area contributed by atoms with E-state index in [0.29, 0.717) is 31.4 Å². The van der Waals surface area contributed by atoms with Crippen LogP contribution in [0.5, 0.6) is 0 Å². The van der Waals surface area contributed by atoms with Crippen LogP contribution in [0.25, 0.3) is 0 Å². The fourth-order valence-electron chi connectivity index (χ4n) is 2.48. The molecule has 106 valence electrons. The van der Waals surface area contributed by atoms with E-state index in [-0.39, 0.29) is 12.5 Å². The second-order valence-corrected chi connectivity index (χ2v) is 8.55. The Labute approximate surface area is 114 Å². The van der Waals surface area contributed by atoms with E-state index in [1.807, 2.05) is 11.8 Å². The Morgan fingerprint density at radius 1 is 1.22 bits per heavy atom. The summed E-state index contributed by atoms with van der Waals surface area (Å²) in [5.74, 6) is 1.15. The fraction of sp³-hybridized carbons (Fsp3) is 1.00. The summed E-state index contributed by atoms with van der Waals surface area (Å²) in [5.41, 5.74) is 0. The highest BCUT2D eigenvalue weighted by molar-refractivity contribution is 8.00. The van der Waals surface area contributed by atoms with Gasteiger partial charge in [-0.1, -0.05) is 6.92 Å². The van der Waals surface area contributed by atoms with Crippen molar-refractivity contribution >= 4 is 22.0 Å². The molecule has 2 aliphatic heterocycles. The number of aliphatic hydroxyl groups excluding tert-OH is 1. The van der Waals surface area contributed by atoms with E-state index in [1.165, 1.54) is 0 Å². The first-order valence-electron chi connectivity index (χ1n) is 6.51. The lowest BCUT2D eigenvalue weighted by Gasteiger charge is -2.37. The van der Waals surface area contributed by atoms with Gasteiger partial charge in [0.1, 0.15) is 0 Å². The summed E-state index contributed by atoms with van der Waals surface area (Å²) in [4.78, 5) is 0. The largest absolute Gasteiger partial charge is 0.396 e. The van der Waals surface area contributed by atoms with E-state index in [2.05, 4.69) is 6.92 Å². The molecule has 0 aromatic carbocycles. The van der Waals surface area contributed by atoms with Gasteiger partial charge in [-0.3, -0.25) is 0 Å². The molecule has 18 heavy (non-hydrogen) atoms. The minimum Gasteiger partial charge on any atom is -0.396 e. The molecule has 0 radical (unpaired) electrons. The van der Waals surface area contributed by atoms with E-state index in [9.17, 15) is 8.42 Å². The van der Waals surface area contributed by atoms with Crippen LogP contribution in [0.4, 0.5) is 0 Å². The van der Waals surface area contributed by atoms with Gasteiger partial charge in [0.2, 0.25) is 0 Å². The maximum atomic E-state index is 12.5. The molecule has 7 heteroatoms. The summed E-state index contributed by atoms with van der Waals surface area (Å²) in [6, 6.07) is 0. The zero-order chi connectivity index (χ0) is 13.2. The Morgan fingerprint density at radius 2 is 1.89 bits per heavy atom. The van der Waals surface area contributed by atoms with Gasteiger partial charge in [0, 0.05) is 43.8 Å². The third-order valence-electron chi connectivity index (χ3n) is 3.69. The second kappa shape index (κ2) is 6.09. The lowest BCUT2D eigenvalue weighted by Crippen LogP contribution is -2.51. The van der Waals surface area contributed by atoms with Gasteiger partial charge >= 0.3 is 0 Å². The van der Waals surface area contributed by atoms with Crippen molar-refractivity contribution in [1.82, 2.24) is 8.61 Å². The van der Waals surface area contributed by atoms with Crippen LogP contribution in [0, 0.1) is 5.92 Å². The average molecular weight is 294 g/mol. The van der Waals surface area contributed by atoms with Crippen LogP contribution in [0.3, 0.4) is 0 Å². The van der Waals surface area contributed by atoms with Gasteiger partial charge in [0.25, 0.3) is 10.2 Å². The van der Waals surface area contributed by atoms with Crippen molar-refractivity contribution in [1.29, 1.82) is 0 Å². The van der Waals surface area contributed by atoms with E-state index in [0.717, 1.165) is 18.6 Å². The standard InChI is InChI=1S/C11H22N2O3S2/c1-10-8-13(6-7-17-10)18(15,16)12-4-2-11(9-14)3-5-12/h10-11,14H,2-9H2,1H3. The summed E-state index contributed by atoms with van der Waals surface area (Å²) in [6.45, 7) is 4.58. The molecule has 1 atom stereocenters. The summed E-state index contributed by atoms with van der Waals surface area (Å²) >= 11 is 1.83. The van der Waals surface area contributed by atoms with Crippen molar-refractivity contribution in [3.05, 3.63) is 0 Å². The lowest BCUT2D eigenvalue weighted by atomic mass is 10.00. The summed E-state index contributed by atoms with van der Waals surface area (Å²) in [6.07, 6.45) is 1.54. The SMILES string of the molecule is CC1CN(S(=O)(=O)N2CCC(CO)CC2)CCS1. The van der Waals surface area contributed by atoms with Crippen LogP contribution in [-0.2, 0) is 10.2 Å². The molecule has 0 aromatic rings. The first kappa shape index (κ1) is 14.6. The van der Waals surface area contributed by atoms with Crippen molar-refractivity contribution in [3.8, 4) is 0 Å². The van der Waals surface area contributed by atoms with E-state index in [4.69, 9.17) is 5.11 Å². The van der Waals surface area contributed by atoms with Crippen molar-refractivity contribution in [2.45, 2.75) is 25.0 Å². The molecule has 2 fully saturated rings. The van der Waals surface area contributed by atoms with E-state index < -0.39 is 10.2 Å².